The molecular weight excluding hydrogens is 346 g/mol. The van der Waals surface area contributed by atoms with Gasteiger partial charge in [0.05, 0.1) is 11.9 Å². The minimum absolute atomic E-state index is 0.222. The van der Waals surface area contributed by atoms with Crippen LogP contribution in [0.3, 0.4) is 0 Å². The van der Waals surface area contributed by atoms with Crippen molar-refractivity contribution >= 4 is 22.9 Å². The summed E-state index contributed by atoms with van der Waals surface area (Å²) < 4.78 is 2.22. The van der Waals surface area contributed by atoms with Gasteiger partial charge in [0.15, 0.2) is 0 Å². The molecule has 0 aliphatic heterocycles. The fourth-order valence-corrected chi connectivity index (χ4v) is 3.51. The Kier molecular flexibility index (Phi) is 4.77. The lowest BCUT2D eigenvalue weighted by molar-refractivity contribution is 0.0955. The molecular formula is C24H21N3O. The number of aromatic nitrogens is 1. The lowest BCUT2D eigenvalue weighted by Crippen LogP contribution is -2.17. The number of nitrogens with one attached hydrogen (secondary N) is 1. The van der Waals surface area contributed by atoms with Crippen molar-refractivity contribution in [2.45, 2.75) is 13.8 Å². The highest BCUT2D eigenvalue weighted by atomic mass is 16.2. The second kappa shape index (κ2) is 7.53. The fraction of sp³-hybridized carbons (Fsp3) is 0.0833. The first-order valence-electron chi connectivity index (χ1n) is 9.20. The van der Waals surface area contributed by atoms with E-state index in [-0.39, 0.29) is 5.91 Å². The van der Waals surface area contributed by atoms with Gasteiger partial charge in [0.2, 0.25) is 0 Å². The molecule has 1 amide bonds. The summed E-state index contributed by atoms with van der Waals surface area (Å²) >= 11 is 0. The Morgan fingerprint density at radius 2 is 1.64 bits per heavy atom. The fourth-order valence-electron chi connectivity index (χ4n) is 3.51. The summed E-state index contributed by atoms with van der Waals surface area (Å²) in [5.41, 5.74) is 7.48. The molecule has 0 atom stereocenters. The van der Waals surface area contributed by atoms with Gasteiger partial charge in [-0.05, 0) is 43.5 Å². The highest BCUT2D eigenvalue weighted by molar-refractivity contribution is 5.95. The summed E-state index contributed by atoms with van der Waals surface area (Å²) in [6.07, 6.45) is 1.70. The van der Waals surface area contributed by atoms with Gasteiger partial charge in [-0.1, -0.05) is 54.6 Å². The SMILES string of the molecule is Cc1cc(/C=N/NC(=O)c2ccccc2)c(C)n1-c1cccc2ccccc12. The Balaban J connectivity index is 1.64. The van der Waals surface area contributed by atoms with Crippen molar-refractivity contribution in [1.29, 1.82) is 0 Å². The zero-order valence-corrected chi connectivity index (χ0v) is 15.9. The maximum absolute atomic E-state index is 12.1. The molecule has 1 heterocycles. The van der Waals surface area contributed by atoms with Gasteiger partial charge in [-0.15, -0.1) is 0 Å². The average Bonchev–Trinajstić information content (AvgIpc) is 3.01. The van der Waals surface area contributed by atoms with Crippen LogP contribution in [0.15, 0.2) is 84.0 Å². The molecule has 0 spiro atoms. The molecule has 0 aliphatic rings. The number of fused-ring (bicyclic) bond motifs is 1. The van der Waals surface area contributed by atoms with Gasteiger partial charge in [-0.25, -0.2) is 5.43 Å². The number of hydrazone groups is 1. The Hall–Kier alpha value is -3.66. The van der Waals surface area contributed by atoms with E-state index in [4.69, 9.17) is 0 Å². The summed E-state index contributed by atoms with van der Waals surface area (Å²) in [5.74, 6) is -0.222. The van der Waals surface area contributed by atoms with E-state index in [1.54, 1.807) is 18.3 Å². The van der Waals surface area contributed by atoms with E-state index in [0.29, 0.717) is 5.56 Å². The quantitative estimate of drug-likeness (QED) is 0.400. The van der Waals surface area contributed by atoms with Crippen LogP contribution in [0.5, 0.6) is 0 Å². The van der Waals surface area contributed by atoms with Crippen LogP contribution in [0.25, 0.3) is 16.5 Å². The highest BCUT2D eigenvalue weighted by Crippen LogP contribution is 2.26. The zero-order valence-electron chi connectivity index (χ0n) is 15.9. The standard InChI is InChI=1S/C24H21N3O/c1-17-15-21(16-25-26-24(28)20-10-4-3-5-11-20)18(2)27(17)23-14-8-12-19-9-6-7-13-22(19)23/h3-16H,1-2H3,(H,26,28)/b25-16+. The number of hydrogen-bond acceptors (Lipinski definition) is 2. The third kappa shape index (κ3) is 3.32. The van der Waals surface area contributed by atoms with Crippen LogP contribution in [0.1, 0.15) is 27.3 Å². The van der Waals surface area contributed by atoms with E-state index in [1.807, 2.05) is 18.2 Å². The van der Waals surface area contributed by atoms with Crippen molar-refractivity contribution in [3.05, 3.63) is 101 Å². The zero-order chi connectivity index (χ0) is 19.5. The predicted molar refractivity (Wildman–Crippen MR) is 114 cm³/mol. The minimum Gasteiger partial charge on any atom is -0.317 e. The highest BCUT2D eigenvalue weighted by Gasteiger charge is 2.12. The Morgan fingerprint density at radius 3 is 2.46 bits per heavy atom. The van der Waals surface area contributed by atoms with E-state index in [9.17, 15) is 4.79 Å². The largest absolute Gasteiger partial charge is 0.317 e. The summed E-state index contributed by atoms with van der Waals surface area (Å²) in [7, 11) is 0. The van der Waals surface area contributed by atoms with Crippen molar-refractivity contribution in [2.24, 2.45) is 5.10 Å². The molecule has 0 saturated carbocycles. The molecule has 4 nitrogen and oxygen atoms in total. The van der Waals surface area contributed by atoms with Crippen LogP contribution in [0, 0.1) is 13.8 Å². The minimum atomic E-state index is -0.222. The Morgan fingerprint density at radius 1 is 0.929 bits per heavy atom. The first-order valence-corrected chi connectivity index (χ1v) is 9.20. The van der Waals surface area contributed by atoms with Gasteiger partial charge in [0.25, 0.3) is 5.91 Å². The summed E-state index contributed by atoms with van der Waals surface area (Å²) in [6.45, 7) is 4.14. The summed E-state index contributed by atoms with van der Waals surface area (Å²) in [5, 5.41) is 6.56. The number of nitrogens with zero attached hydrogens (tertiary/aromatic N) is 2. The molecule has 138 valence electrons. The van der Waals surface area contributed by atoms with Gasteiger partial charge in [-0.2, -0.15) is 5.10 Å². The first-order chi connectivity index (χ1) is 13.6. The third-order valence-corrected chi connectivity index (χ3v) is 4.88. The van der Waals surface area contributed by atoms with Gasteiger partial charge < -0.3 is 4.57 Å². The second-order valence-corrected chi connectivity index (χ2v) is 6.73. The molecule has 0 unspecified atom stereocenters. The van der Waals surface area contributed by atoms with Crippen LogP contribution in [0.2, 0.25) is 0 Å². The molecule has 1 N–H and O–H groups in total. The van der Waals surface area contributed by atoms with E-state index in [0.717, 1.165) is 22.6 Å². The lowest BCUT2D eigenvalue weighted by Gasteiger charge is -2.12. The molecule has 0 fully saturated rings. The number of hydrogen-bond donors (Lipinski definition) is 1. The number of carbonyl (C=O) groups is 1. The molecule has 4 aromatic rings. The van der Waals surface area contributed by atoms with Gasteiger partial charge >= 0.3 is 0 Å². The maximum atomic E-state index is 12.1. The molecule has 28 heavy (non-hydrogen) atoms. The average molecular weight is 367 g/mol. The Labute approximate surface area is 164 Å². The van der Waals surface area contributed by atoms with Gasteiger partial charge in [-0.3, -0.25) is 4.79 Å². The smallest absolute Gasteiger partial charge is 0.271 e. The lowest BCUT2D eigenvalue weighted by atomic mass is 10.1. The van der Waals surface area contributed by atoms with Crippen LogP contribution in [-0.2, 0) is 0 Å². The molecule has 3 aromatic carbocycles. The van der Waals surface area contributed by atoms with E-state index >= 15 is 0 Å². The predicted octanol–water partition coefficient (Wildman–Crippen LogP) is 5.01. The number of benzene rings is 3. The number of carbonyl (C=O) groups excluding carboxylic acids is 1. The summed E-state index contributed by atoms with van der Waals surface area (Å²) in [4.78, 5) is 12.1. The molecule has 0 saturated heterocycles. The molecule has 4 rings (SSSR count). The molecule has 0 aliphatic carbocycles. The van der Waals surface area contributed by atoms with Crippen molar-refractivity contribution in [2.75, 3.05) is 0 Å². The third-order valence-electron chi connectivity index (χ3n) is 4.88. The first kappa shape index (κ1) is 17.7. The normalized spacial score (nSPS) is 11.2. The molecule has 0 bridgehead atoms. The van der Waals surface area contributed by atoms with Crippen LogP contribution < -0.4 is 5.43 Å². The topological polar surface area (TPSA) is 46.4 Å². The van der Waals surface area contributed by atoms with Crippen LogP contribution in [0.4, 0.5) is 0 Å². The maximum Gasteiger partial charge on any atom is 0.271 e. The monoisotopic (exact) mass is 367 g/mol. The molecule has 0 radical (unpaired) electrons. The van der Waals surface area contributed by atoms with Crippen LogP contribution in [-0.4, -0.2) is 16.7 Å². The molecule has 1 aromatic heterocycles. The summed E-state index contributed by atoms with van der Waals surface area (Å²) in [6, 6.07) is 25.8. The van der Waals surface area contributed by atoms with Crippen molar-refractivity contribution in [3.63, 3.8) is 0 Å². The number of rotatable bonds is 4. The number of aryl methyl sites for hydroxylation is 1. The van der Waals surface area contributed by atoms with Crippen molar-refractivity contribution in [3.8, 4) is 5.69 Å². The molecule has 4 heteroatoms. The van der Waals surface area contributed by atoms with Crippen molar-refractivity contribution < 1.29 is 4.79 Å². The van der Waals surface area contributed by atoms with E-state index in [2.05, 4.69) is 77.5 Å². The van der Waals surface area contributed by atoms with Gasteiger partial charge in [0, 0.05) is 27.9 Å². The second-order valence-electron chi connectivity index (χ2n) is 6.73. The van der Waals surface area contributed by atoms with E-state index in [1.165, 1.54) is 10.8 Å². The number of amides is 1. The van der Waals surface area contributed by atoms with Gasteiger partial charge in [0.1, 0.15) is 0 Å². The van der Waals surface area contributed by atoms with Crippen molar-refractivity contribution in [1.82, 2.24) is 9.99 Å². The Bertz CT molecular complexity index is 1170. The van der Waals surface area contributed by atoms with Crippen LogP contribution >= 0.6 is 0 Å². The van der Waals surface area contributed by atoms with E-state index < -0.39 is 0 Å².